The number of nitrogens with one attached hydrogen (secondary N) is 1. The molecule has 1 amide bonds. The predicted octanol–water partition coefficient (Wildman–Crippen LogP) is -0.302. The lowest BCUT2D eigenvalue weighted by Gasteiger charge is -2.08. The first kappa shape index (κ1) is 14.4. The molecule has 0 aromatic rings. The van der Waals surface area contributed by atoms with Crippen molar-refractivity contribution in [2.75, 3.05) is 18.6 Å². The second-order valence-electron chi connectivity index (χ2n) is 3.58. The zero-order chi connectivity index (χ0) is 11.9. The number of amides is 1. The maximum Gasteiger partial charge on any atom is 0.221 e. The molecule has 0 radical (unpaired) electrons. The largest absolute Gasteiger partial charge is 0.393 e. The minimum absolute atomic E-state index is 0.0128. The highest BCUT2D eigenvalue weighted by molar-refractivity contribution is 7.90. The van der Waals surface area contributed by atoms with Crippen LogP contribution in [0.25, 0.3) is 0 Å². The van der Waals surface area contributed by atoms with Crippen molar-refractivity contribution in [3.63, 3.8) is 0 Å². The first-order valence-corrected chi connectivity index (χ1v) is 7.03. The van der Waals surface area contributed by atoms with Crippen LogP contribution >= 0.6 is 0 Å². The Labute approximate surface area is 90.8 Å². The highest BCUT2D eigenvalue weighted by Crippen LogP contribution is 1.95. The Kier molecular flexibility index (Phi) is 6.51. The van der Waals surface area contributed by atoms with Gasteiger partial charge in [0, 0.05) is 19.2 Å². The molecule has 0 saturated heterocycles. The van der Waals surface area contributed by atoms with Gasteiger partial charge in [0.1, 0.15) is 9.84 Å². The Bertz CT molecular complexity index is 286. The molecule has 0 fully saturated rings. The Hall–Kier alpha value is -0.620. The van der Waals surface area contributed by atoms with Gasteiger partial charge >= 0.3 is 0 Å². The summed E-state index contributed by atoms with van der Waals surface area (Å²) in [6.45, 7) is 2.24. The number of carbonyl (C=O) groups is 1. The molecule has 1 unspecified atom stereocenters. The third-order valence-corrected chi connectivity index (χ3v) is 2.92. The van der Waals surface area contributed by atoms with E-state index in [1.165, 1.54) is 0 Å². The molecular weight excluding hydrogens is 218 g/mol. The molecule has 6 heteroatoms. The summed E-state index contributed by atoms with van der Waals surface area (Å²) in [4.78, 5) is 11.1. The first-order chi connectivity index (χ1) is 6.85. The number of aliphatic hydroxyl groups is 1. The van der Waals surface area contributed by atoms with Crippen molar-refractivity contribution < 1.29 is 18.3 Å². The van der Waals surface area contributed by atoms with Gasteiger partial charge in [0.05, 0.1) is 11.9 Å². The average molecular weight is 237 g/mol. The molecule has 90 valence electrons. The fourth-order valence-electron chi connectivity index (χ4n) is 0.949. The number of sulfone groups is 1. The molecule has 0 aromatic carbocycles. The van der Waals surface area contributed by atoms with Gasteiger partial charge in [0.2, 0.25) is 5.91 Å². The molecule has 0 bridgehead atoms. The van der Waals surface area contributed by atoms with Crippen LogP contribution in [-0.4, -0.2) is 44.1 Å². The quantitative estimate of drug-likeness (QED) is 0.636. The number of carbonyl (C=O) groups excluding carboxylic acids is 1. The van der Waals surface area contributed by atoms with Gasteiger partial charge in [-0.3, -0.25) is 4.79 Å². The van der Waals surface area contributed by atoms with Crippen LogP contribution in [-0.2, 0) is 14.6 Å². The standard InChI is InChI=1S/C9H19NO4S/c1-3-8(11)4-6-10-9(12)5-7-15(2,13)14/h8,11H,3-7H2,1-2H3,(H,10,12). The van der Waals surface area contributed by atoms with Gasteiger partial charge in [0.25, 0.3) is 0 Å². The summed E-state index contributed by atoms with van der Waals surface area (Å²) in [6.07, 6.45) is 1.84. The van der Waals surface area contributed by atoms with Crippen LogP contribution in [0.2, 0.25) is 0 Å². The number of hydrogen-bond donors (Lipinski definition) is 2. The molecule has 5 nitrogen and oxygen atoms in total. The van der Waals surface area contributed by atoms with Gasteiger partial charge in [-0.1, -0.05) is 6.92 Å². The predicted molar refractivity (Wildman–Crippen MR) is 58.3 cm³/mol. The van der Waals surface area contributed by atoms with Crippen molar-refractivity contribution >= 4 is 15.7 Å². The summed E-state index contributed by atoms with van der Waals surface area (Å²) in [7, 11) is -3.08. The summed E-state index contributed by atoms with van der Waals surface area (Å²) in [5, 5.41) is 11.7. The third-order valence-electron chi connectivity index (χ3n) is 1.97. The van der Waals surface area contributed by atoms with E-state index in [1.54, 1.807) is 0 Å². The van der Waals surface area contributed by atoms with Crippen molar-refractivity contribution in [2.45, 2.75) is 32.3 Å². The summed E-state index contributed by atoms with van der Waals surface area (Å²) in [5.74, 6) is -0.418. The lowest BCUT2D eigenvalue weighted by atomic mass is 10.2. The van der Waals surface area contributed by atoms with Crippen LogP contribution in [0.15, 0.2) is 0 Å². The van der Waals surface area contributed by atoms with Gasteiger partial charge in [0.15, 0.2) is 0 Å². The van der Waals surface area contributed by atoms with E-state index >= 15 is 0 Å². The molecule has 2 N–H and O–H groups in total. The second-order valence-corrected chi connectivity index (χ2v) is 5.84. The minimum Gasteiger partial charge on any atom is -0.393 e. The van der Waals surface area contributed by atoms with Crippen LogP contribution in [0.1, 0.15) is 26.2 Å². The van der Waals surface area contributed by atoms with Crippen LogP contribution < -0.4 is 5.32 Å². The van der Waals surface area contributed by atoms with E-state index in [0.717, 1.165) is 6.26 Å². The Morgan fingerprint density at radius 1 is 1.47 bits per heavy atom. The van der Waals surface area contributed by atoms with E-state index < -0.39 is 15.9 Å². The summed E-state index contributed by atoms with van der Waals surface area (Å²) < 4.78 is 21.5. The van der Waals surface area contributed by atoms with E-state index in [1.807, 2.05) is 6.92 Å². The minimum atomic E-state index is -3.08. The first-order valence-electron chi connectivity index (χ1n) is 4.97. The highest BCUT2D eigenvalue weighted by Gasteiger charge is 2.08. The Morgan fingerprint density at radius 2 is 2.07 bits per heavy atom. The van der Waals surface area contributed by atoms with E-state index in [-0.39, 0.29) is 18.1 Å². The van der Waals surface area contributed by atoms with Crippen LogP contribution in [0.5, 0.6) is 0 Å². The van der Waals surface area contributed by atoms with Gasteiger partial charge in [-0.05, 0) is 12.8 Å². The molecule has 0 spiro atoms. The van der Waals surface area contributed by atoms with E-state index in [0.29, 0.717) is 19.4 Å². The zero-order valence-corrected chi connectivity index (χ0v) is 10.0. The maximum atomic E-state index is 11.1. The highest BCUT2D eigenvalue weighted by atomic mass is 32.2. The molecule has 15 heavy (non-hydrogen) atoms. The maximum absolute atomic E-state index is 11.1. The summed E-state index contributed by atoms with van der Waals surface area (Å²) in [5.41, 5.74) is 0. The molecule has 0 saturated carbocycles. The monoisotopic (exact) mass is 237 g/mol. The molecule has 0 aliphatic heterocycles. The summed E-state index contributed by atoms with van der Waals surface area (Å²) >= 11 is 0. The number of aliphatic hydroxyl groups excluding tert-OH is 1. The van der Waals surface area contributed by atoms with Gasteiger partial charge < -0.3 is 10.4 Å². The smallest absolute Gasteiger partial charge is 0.221 e. The van der Waals surface area contributed by atoms with E-state index in [9.17, 15) is 18.3 Å². The van der Waals surface area contributed by atoms with Crippen LogP contribution in [0.4, 0.5) is 0 Å². The molecule has 0 heterocycles. The van der Waals surface area contributed by atoms with Crippen molar-refractivity contribution in [1.82, 2.24) is 5.32 Å². The normalized spacial score (nSPS) is 13.5. The van der Waals surface area contributed by atoms with E-state index in [4.69, 9.17) is 0 Å². The Morgan fingerprint density at radius 3 is 2.53 bits per heavy atom. The second kappa shape index (κ2) is 6.79. The van der Waals surface area contributed by atoms with Crippen molar-refractivity contribution in [3.05, 3.63) is 0 Å². The summed E-state index contributed by atoms with van der Waals surface area (Å²) in [6, 6.07) is 0. The lowest BCUT2D eigenvalue weighted by Crippen LogP contribution is -2.28. The molecule has 1 atom stereocenters. The number of hydrogen-bond acceptors (Lipinski definition) is 4. The zero-order valence-electron chi connectivity index (χ0n) is 9.19. The molecule has 0 aliphatic carbocycles. The third kappa shape index (κ3) is 9.68. The molecule has 0 aromatic heterocycles. The van der Waals surface area contributed by atoms with Gasteiger partial charge in [-0.15, -0.1) is 0 Å². The van der Waals surface area contributed by atoms with E-state index in [2.05, 4.69) is 5.32 Å². The fraction of sp³-hybridized carbons (Fsp3) is 0.889. The average Bonchev–Trinajstić information content (AvgIpc) is 2.13. The Balaban J connectivity index is 3.59. The molecule has 0 aliphatic rings. The lowest BCUT2D eigenvalue weighted by molar-refractivity contribution is -0.120. The van der Waals surface area contributed by atoms with Gasteiger partial charge in [-0.2, -0.15) is 0 Å². The topological polar surface area (TPSA) is 83.5 Å². The van der Waals surface area contributed by atoms with Crippen molar-refractivity contribution in [2.24, 2.45) is 0 Å². The SMILES string of the molecule is CCC(O)CCNC(=O)CCS(C)(=O)=O. The fourth-order valence-corrected chi connectivity index (χ4v) is 1.50. The number of rotatable bonds is 7. The van der Waals surface area contributed by atoms with Crippen LogP contribution in [0, 0.1) is 0 Å². The van der Waals surface area contributed by atoms with Crippen LogP contribution in [0.3, 0.4) is 0 Å². The van der Waals surface area contributed by atoms with Crippen molar-refractivity contribution in [1.29, 1.82) is 0 Å². The molecule has 0 rings (SSSR count). The van der Waals surface area contributed by atoms with Crippen molar-refractivity contribution in [3.8, 4) is 0 Å². The molecular formula is C9H19NO4S. The van der Waals surface area contributed by atoms with Gasteiger partial charge in [-0.25, -0.2) is 8.42 Å².